The highest BCUT2D eigenvalue weighted by atomic mass is 32.2. The van der Waals surface area contributed by atoms with Crippen LogP contribution in [0.15, 0.2) is 65.6 Å². The van der Waals surface area contributed by atoms with Crippen molar-refractivity contribution in [2.45, 2.75) is 25.2 Å². The van der Waals surface area contributed by atoms with E-state index in [9.17, 15) is 5.11 Å². The molecule has 0 radical (unpaired) electrons. The Hall–Kier alpha value is -1.55. The minimum atomic E-state index is -0.866. The van der Waals surface area contributed by atoms with Crippen molar-refractivity contribution in [3.05, 3.63) is 76.7 Å². The first-order chi connectivity index (χ1) is 10.7. The molecule has 1 saturated heterocycles. The Balaban J connectivity index is 1.66. The van der Waals surface area contributed by atoms with Crippen LogP contribution in [0.1, 0.15) is 18.1 Å². The van der Waals surface area contributed by atoms with Crippen molar-refractivity contribution in [3.63, 3.8) is 0 Å². The summed E-state index contributed by atoms with van der Waals surface area (Å²) < 4.78 is 5.90. The molecule has 1 heterocycles. The second-order valence-electron chi connectivity index (χ2n) is 5.57. The molecule has 1 aliphatic heterocycles. The van der Waals surface area contributed by atoms with Crippen molar-refractivity contribution in [3.8, 4) is 0 Å². The van der Waals surface area contributed by atoms with Crippen LogP contribution in [-0.4, -0.2) is 22.6 Å². The van der Waals surface area contributed by atoms with Crippen molar-refractivity contribution in [1.82, 2.24) is 0 Å². The van der Waals surface area contributed by atoms with Gasteiger partial charge in [-0.3, -0.25) is 0 Å². The van der Waals surface area contributed by atoms with Gasteiger partial charge >= 0.3 is 0 Å². The Morgan fingerprint density at radius 2 is 1.77 bits per heavy atom. The summed E-state index contributed by atoms with van der Waals surface area (Å²) in [7, 11) is 0. The molecule has 1 unspecified atom stereocenters. The quantitative estimate of drug-likeness (QED) is 0.901. The van der Waals surface area contributed by atoms with Crippen LogP contribution >= 0.6 is 11.8 Å². The molecular formula is C19H20O2S. The number of rotatable bonds is 5. The Bertz CT molecular complexity index is 639. The predicted octanol–water partition coefficient (Wildman–Crippen LogP) is 4.11. The Labute approximate surface area is 135 Å². The molecule has 3 rings (SSSR count). The number of ether oxygens (including phenoxy) is 1. The van der Waals surface area contributed by atoms with Gasteiger partial charge in [0.15, 0.2) is 0 Å². The van der Waals surface area contributed by atoms with Gasteiger partial charge < -0.3 is 9.84 Å². The molecule has 1 fully saturated rings. The SMILES string of the molecule is C[C@H](OCc1ccccc1)C1(O)CS/C1=C\c1ccccc1. The molecule has 114 valence electrons. The van der Waals surface area contributed by atoms with Gasteiger partial charge in [0, 0.05) is 10.7 Å². The average Bonchev–Trinajstić information content (AvgIpc) is 2.57. The zero-order valence-electron chi connectivity index (χ0n) is 12.6. The maximum Gasteiger partial charge on any atom is 0.130 e. The number of aliphatic hydroxyl groups is 1. The summed E-state index contributed by atoms with van der Waals surface area (Å²) in [5.41, 5.74) is 1.37. The highest BCUT2D eigenvalue weighted by molar-refractivity contribution is 8.05. The minimum Gasteiger partial charge on any atom is -0.381 e. The summed E-state index contributed by atoms with van der Waals surface area (Å²) in [4.78, 5) is 0.985. The summed E-state index contributed by atoms with van der Waals surface area (Å²) in [5.74, 6) is 0.682. The van der Waals surface area contributed by atoms with E-state index in [0.717, 1.165) is 16.0 Å². The van der Waals surface area contributed by atoms with Crippen LogP contribution in [0.2, 0.25) is 0 Å². The maximum absolute atomic E-state index is 10.9. The molecule has 22 heavy (non-hydrogen) atoms. The van der Waals surface area contributed by atoms with Crippen molar-refractivity contribution in [2.75, 3.05) is 5.75 Å². The van der Waals surface area contributed by atoms with Gasteiger partial charge in [0.1, 0.15) is 5.60 Å². The van der Waals surface area contributed by atoms with E-state index in [-0.39, 0.29) is 6.10 Å². The zero-order valence-corrected chi connectivity index (χ0v) is 13.4. The minimum absolute atomic E-state index is 0.232. The lowest BCUT2D eigenvalue weighted by molar-refractivity contribution is -0.0721. The third-order valence-electron chi connectivity index (χ3n) is 3.99. The number of hydrogen-bond acceptors (Lipinski definition) is 3. The summed E-state index contributed by atoms with van der Waals surface area (Å²) in [6, 6.07) is 20.1. The van der Waals surface area contributed by atoms with E-state index >= 15 is 0 Å². The first kappa shape index (κ1) is 15.3. The standard InChI is InChI=1S/C19H20O2S/c1-15(21-13-17-10-6-3-7-11-17)19(20)14-22-18(19)12-16-8-4-2-5-9-16/h2-12,15,20H,13-14H2,1H3/b18-12-/t15-,19?/m0/s1. The maximum atomic E-state index is 10.9. The second-order valence-corrected chi connectivity index (χ2v) is 6.59. The van der Waals surface area contributed by atoms with E-state index < -0.39 is 5.60 Å². The normalized spacial score (nSPS) is 24.0. The Morgan fingerprint density at radius 1 is 1.14 bits per heavy atom. The summed E-state index contributed by atoms with van der Waals surface area (Å²) >= 11 is 1.69. The van der Waals surface area contributed by atoms with Gasteiger partial charge in [-0.1, -0.05) is 60.7 Å². The monoisotopic (exact) mass is 312 g/mol. The lowest BCUT2D eigenvalue weighted by Crippen LogP contribution is -2.51. The molecule has 0 aliphatic carbocycles. The van der Waals surface area contributed by atoms with Gasteiger partial charge in [-0.15, -0.1) is 11.8 Å². The summed E-state index contributed by atoms with van der Waals surface area (Å²) in [6.07, 6.45) is 1.82. The Kier molecular flexibility index (Phi) is 4.67. The molecule has 2 atom stereocenters. The third kappa shape index (κ3) is 3.27. The zero-order chi connectivity index (χ0) is 15.4. The van der Waals surface area contributed by atoms with Gasteiger partial charge in [0.25, 0.3) is 0 Å². The molecule has 0 spiro atoms. The molecule has 0 amide bonds. The molecule has 2 aromatic carbocycles. The third-order valence-corrected chi connectivity index (χ3v) is 5.35. The smallest absolute Gasteiger partial charge is 0.130 e. The number of hydrogen-bond donors (Lipinski definition) is 1. The van der Waals surface area contributed by atoms with Crippen LogP contribution in [0, 0.1) is 0 Å². The van der Waals surface area contributed by atoms with Gasteiger partial charge in [0.2, 0.25) is 0 Å². The summed E-state index contributed by atoms with van der Waals surface area (Å²) in [6.45, 7) is 2.47. The topological polar surface area (TPSA) is 29.5 Å². The molecule has 2 nitrogen and oxygen atoms in total. The summed E-state index contributed by atoms with van der Waals surface area (Å²) in [5, 5.41) is 10.9. The molecule has 3 heteroatoms. The lowest BCUT2D eigenvalue weighted by atomic mass is 9.96. The number of thioether (sulfide) groups is 1. The van der Waals surface area contributed by atoms with E-state index in [2.05, 4.69) is 6.08 Å². The molecule has 0 aromatic heterocycles. The van der Waals surface area contributed by atoms with Crippen LogP contribution in [-0.2, 0) is 11.3 Å². The fourth-order valence-corrected chi connectivity index (χ4v) is 3.65. The van der Waals surface area contributed by atoms with E-state index in [0.29, 0.717) is 12.4 Å². The van der Waals surface area contributed by atoms with Crippen LogP contribution < -0.4 is 0 Å². The largest absolute Gasteiger partial charge is 0.381 e. The molecule has 0 bridgehead atoms. The highest BCUT2D eigenvalue weighted by Crippen LogP contribution is 2.46. The van der Waals surface area contributed by atoms with E-state index in [1.54, 1.807) is 11.8 Å². The lowest BCUT2D eigenvalue weighted by Gasteiger charge is -2.43. The Morgan fingerprint density at radius 3 is 2.36 bits per heavy atom. The van der Waals surface area contributed by atoms with Gasteiger partial charge in [0.05, 0.1) is 12.7 Å². The predicted molar refractivity (Wildman–Crippen MR) is 92.5 cm³/mol. The first-order valence-electron chi connectivity index (χ1n) is 7.46. The highest BCUT2D eigenvalue weighted by Gasteiger charge is 2.46. The van der Waals surface area contributed by atoms with Crippen molar-refractivity contribution in [1.29, 1.82) is 0 Å². The van der Waals surface area contributed by atoms with Gasteiger partial charge in [-0.05, 0) is 24.1 Å². The van der Waals surface area contributed by atoms with Crippen molar-refractivity contribution >= 4 is 17.8 Å². The van der Waals surface area contributed by atoms with Crippen molar-refractivity contribution in [2.24, 2.45) is 0 Å². The van der Waals surface area contributed by atoms with Crippen LogP contribution in [0.5, 0.6) is 0 Å². The van der Waals surface area contributed by atoms with E-state index in [1.807, 2.05) is 67.6 Å². The van der Waals surface area contributed by atoms with Crippen LogP contribution in [0.4, 0.5) is 0 Å². The first-order valence-corrected chi connectivity index (χ1v) is 8.45. The van der Waals surface area contributed by atoms with Crippen LogP contribution in [0.3, 0.4) is 0 Å². The molecule has 0 saturated carbocycles. The van der Waals surface area contributed by atoms with E-state index in [1.165, 1.54) is 0 Å². The van der Waals surface area contributed by atoms with Crippen molar-refractivity contribution < 1.29 is 9.84 Å². The molecule has 1 N–H and O–H groups in total. The van der Waals surface area contributed by atoms with Crippen LogP contribution in [0.25, 0.3) is 6.08 Å². The second kappa shape index (κ2) is 6.69. The van der Waals surface area contributed by atoms with Gasteiger partial charge in [-0.2, -0.15) is 0 Å². The number of benzene rings is 2. The van der Waals surface area contributed by atoms with Gasteiger partial charge in [-0.25, -0.2) is 0 Å². The fourth-order valence-electron chi connectivity index (χ4n) is 2.42. The molecule has 2 aromatic rings. The molecular weight excluding hydrogens is 292 g/mol. The average molecular weight is 312 g/mol. The molecule has 1 aliphatic rings. The van der Waals surface area contributed by atoms with E-state index in [4.69, 9.17) is 4.74 Å². The fraction of sp³-hybridized carbons (Fsp3) is 0.263.